The first-order chi connectivity index (χ1) is 11.6. The Morgan fingerprint density at radius 1 is 1.25 bits per heavy atom. The molecule has 3 rings (SSSR count). The zero-order chi connectivity index (χ0) is 17.1. The van der Waals surface area contributed by atoms with Gasteiger partial charge in [-0.15, -0.1) is 0 Å². The molecule has 0 saturated heterocycles. The lowest BCUT2D eigenvalue weighted by atomic mass is 10.1. The van der Waals surface area contributed by atoms with E-state index in [9.17, 15) is 4.79 Å². The molecule has 0 bridgehead atoms. The first-order valence-electron chi connectivity index (χ1n) is 7.67. The standard InChI is InChI=1S/C18H18BrN3O2/c1-3-24-17-8-18(23)21(2)12-16(17)14-9-20-22(11-14)10-13-5-4-6-15(19)7-13/h4-9,11-12H,3,10H2,1-2H3. The van der Waals surface area contributed by atoms with Crippen LogP contribution in [0.15, 0.2) is 58.2 Å². The highest BCUT2D eigenvalue weighted by atomic mass is 79.9. The van der Waals surface area contributed by atoms with Crippen molar-refractivity contribution in [2.24, 2.45) is 7.05 Å². The summed E-state index contributed by atoms with van der Waals surface area (Å²) in [6.45, 7) is 3.08. The van der Waals surface area contributed by atoms with E-state index in [4.69, 9.17) is 4.74 Å². The zero-order valence-corrected chi connectivity index (χ0v) is 15.2. The Morgan fingerprint density at radius 3 is 2.83 bits per heavy atom. The second-order valence-corrected chi connectivity index (χ2v) is 6.41. The normalized spacial score (nSPS) is 10.8. The highest BCUT2D eigenvalue weighted by Gasteiger charge is 2.11. The molecule has 0 aliphatic carbocycles. The van der Waals surface area contributed by atoms with Gasteiger partial charge in [0.25, 0.3) is 5.56 Å². The quantitative estimate of drug-likeness (QED) is 0.673. The Balaban J connectivity index is 1.93. The molecule has 0 saturated carbocycles. The topological polar surface area (TPSA) is 49.1 Å². The lowest BCUT2D eigenvalue weighted by molar-refractivity contribution is 0.340. The zero-order valence-electron chi connectivity index (χ0n) is 13.6. The van der Waals surface area contributed by atoms with Gasteiger partial charge in [-0.25, -0.2) is 0 Å². The Kier molecular flexibility index (Phi) is 4.85. The van der Waals surface area contributed by atoms with Crippen molar-refractivity contribution in [2.75, 3.05) is 6.61 Å². The van der Waals surface area contributed by atoms with Crippen molar-refractivity contribution in [3.05, 3.63) is 69.3 Å². The van der Waals surface area contributed by atoms with Crippen LogP contribution in [0.4, 0.5) is 0 Å². The van der Waals surface area contributed by atoms with Crippen molar-refractivity contribution in [1.82, 2.24) is 14.3 Å². The van der Waals surface area contributed by atoms with Gasteiger partial charge in [0.2, 0.25) is 0 Å². The molecule has 5 nitrogen and oxygen atoms in total. The number of ether oxygens (including phenoxy) is 1. The molecular weight excluding hydrogens is 370 g/mol. The molecule has 0 amide bonds. The van der Waals surface area contributed by atoms with Crippen LogP contribution in [0.2, 0.25) is 0 Å². The molecule has 0 atom stereocenters. The van der Waals surface area contributed by atoms with Crippen LogP contribution < -0.4 is 10.3 Å². The largest absolute Gasteiger partial charge is 0.493 e. The van der Waals surface area contributed by atoms with Gasteiger partial charge in [-0.2, -0.15) is 5.10 Å². The minimum atomic E-state index is -0.0938. The number of halogens is 1. The summed E-state index contributed by atoms with van der Waals surface area (Å²) in [5.41, 5.74) is 2.84. The van der Waals surface area contributed by atoms with E-state index in [1.807, 2.05) is 29.9 Å². The summed E-state index contributed by atoms with van der Waals surface area (Å²) >= 11 is 3.48. The van der Waals surface area contributed by atoms with Crippen LogP contribution in [-0.2, 0) is 13.6 Å². The Morgan fingerprint density at radius 2 is 2.08 bits per heavy atom. The summed E-state index contributed by atoms with van der Waals surface area (Å²) in [4.78, 5) is 11.8. The fourth-order valence-electron chi connectivity index (χ4n) is 2.52. The van der Waals surface area contributed by atoms with Gasteiger partial charge in [0.1, 0.15) is 5.75 Å². The molecule has 0 spiro atoms. The molecule has 124 valence electrons. The third-order valence-electron chi connectivity index (χ3n) is 3.67. The predicted molar refractivity (Wildman–Crippen MR) is 97.3 cm³/mol. The van der Waals surface area contributed by atoms with E-state index in [1.165, 1.54) is 6.07 Å². The highest BCUT2D eigenvalue weighted by Crippen LogP contribution is 2.28. The van der Waals surface area contributed by atoms with Crippen LogP contribution in [-0.4, -0.2) is 21.0 Å². The molecule has 0 N–H and O–H groups in total. The predicted octanol–water partition coefficient (Wildman–Crippen LogP) is 3.46. The van der Waals surface area contributed by atoms with Crippen LogP contribution in [0.1, 0.15) is 12.5 Å². The molecule has 1 aromatic carbocycles. The van der Waals surface area contributed by atoms with E-state index in [1.54, 1.807) is 24.0 Å². The van der Waals surface area contributed by atoms with Gasteiger partial charge in [-0.3, -0.25) is 9.48 Å². The lowest BCUT2D eigenvalue weighted by Crippen LogP contribution is -2.15. The fraction of sp³-hybridized carbons (Fsp3) is 0.222. The summed E-state index contributed by atoms with van der Waals surface area (Å²) in [6.07, 6.45) is 5.54. The molecule has 0 unspecified atom stereocenters. The molecular formula is C18H18BrN3O2. The van der Waals surface area contributed by atoms with Crippen LogP contribution >= 0.6 is 15.9 Å². The Bertz CT molecular complexity index is 915. The molecule has 0 aliphatic heterocycles. The summed E-state index contributed by atoms with van der Waals surface area (Å²) in [5.74, 6) is 0.586. The summed E-state index contributed by atoms with van der Waals surface area (Å²) in [7, 11) is 1.73. The van der Waals surface area contributed by atoms with E-state index in [2.05, 4.69) is 33.2 Å². The molecule has 0 aliphatic rings. The number of benzene rings is 1. The SMILES string of the molecule is CCOc1cc(=O)n(C)cc1-c1cnn(Cc2cccc(Br)c2)c1. The number of rotatable bonds is 5. The van der Waals surface area contributed by atoms with Crippen LogP contribution in [0, 0.1) is 0 Å². The van der Waals surface area contributed by atoms with Gasteiger partial charge in [0.05, 0.1) is 19.3 Å². The molecule has 24 heavy (non-hydrogen) atoms. The van der Waals surface area contributed by atoms with Gasteiger partial charge < -0.3 is 9.30 Å². The molecule has 2 aromatic heterocycles. The number of aromatic nitrogens is 3. The Hall–Kier alpha value is -2.34. The van der Waals surface area contributed by atoms with Crippen molar-refractivity contribution in [1.29, 1.82) is 0 Å². The van der Waals surface area contributed by atoms with Gasteiger partial charge in [0, 0.05) is 41.1 Å². The van der Waals surface area contributed by atoms with E-state index in [0.29, 0.717) is 18.9 Å². The smallest absolute Gasteiger partial charge is 0.254 e. The van der Waals surface area contributed by atoms with Gasteiger partial charge in [-0.05, 0) is 24.6 Å². The first-order valence-corrected chi connectivity index (χ1v) is 8.47. The molecule has 6 heteroatoms. The number of hydrogen-bond acceptors (Lipinski definition) is 3. The third kappa shape index (κ3) is 3.59. The first kappa shape index (κ1) is 16.5. The maximum Gasteiger partial charge on any atom is 0.254 e. The fourth-order valence-corrected chi connectivity index (χ4v) is 2.96. The number of aryl methyl sites for hydroxylation is 1. The second-order valence-electron chi connectivity index (χ2n) is 5.49. The van der Waals surface area contributed by atoms with Crippen LogP contribution in [0.5, 0.6) is 5.75 Å². The van der Waals surface area contributed by atoms with E-state index in [-0.39, 0.29) is 5.56 Å². The monoisotopic (exact) mass is 387 g/mol. The van der Waals surface area contributed by atoms with Crippen molar-refractivity contribution in [3.8, 4) is 16.9 Å². The average Bonchev–Trinajstić information content (AvgIpc) is 2.99. The average molecular weight is 388 g/mol. The number of pyridine rings is 1. The minimum Gasteiger partial charge on any atom is -0.493 e. The maximum atomic E-state index is 11.8. The Labute approximate surface area is 148 Å². The van der Waals surface area contributed by atoms with E-state index < -0.39 is 0 Å². The van der Waals surface area contributed by atoms with Crippen molar-refractivity contribution in [3.63, 3.8) is 0 Å². The molecule has 2 heterocycles. The van der Waals surface area contributed by atoms with E-state index in [0.717, 1.165) is 21.2 Å². The maximum absolute atomic E-state index is 11.8. The van der Waals surface area contributed by atoms with Crippen molar-refractivity contribution >= 4 is 15.9 Å². The molecule has 3 aromatic rings. The van der Waals surface area contributed by atoms with Crippen LogP contribution in [0.3, 0.4) is 0 Å². The summed E-state index contributed by atoms with van der Waals surface area (Å²) < 4.78 is 10.1. The van der Waals surface area contributed by atoms with Crippen molar-refractivity contribution < 1.29 is 4.74 Å². The second kappa shape index (κ2) is 7.05. The van der Waals surface area contributed by atoms with Gasteiger partial charge in [-0.1, -0.05) is 28.1 Å². The minimum absolute atomic E-state index is 0.0938. The number of hydrogen-bond donors (Lipinski definition) is 0. The van der Waals surface area contributed by atoms with Crippen LogP contribution in [0.25, 0.3) is 11.1 Å². The number of nitrogens with zero attached hydrogens (tertiary/aromatic N) is 3. The summed E-state index contributed by atoms with van der Waals surface area (Å²) in [6, 6.07) is 9.65. The van der Waals surface area contributed by atoms with Crippen molar-refractivity contribution in [2.45, 2.75) is 13.5 Å². The third-order valence-corrected chi connectivity index (χ3v) is 4.16. The molecule has 0 fully saturated rings. The van der Waals surface area contributed by atoms with E-state index >= 15 is 0 Å². The lowest BCUT2D eigenvalue weighted by Gasteiger charge is -2.10. The van der Waals surface area contributed by atoms with Gasteiger partial charge in [0.15, 0.2) is 0 Å². The highest BCUT2D eigenvalue weighted by molar-refractivity contribution is 9.10. The summed E-state index contributed by atoms with van der Waals surface area (Å²) in [5, 5.41) is 4.43. The van der Waals surface area contributed by atoms with Gasteiger partial charge >= 0.3 is 0 Å². The molecule has 0 radical (unpaired) electrons.